The molecule has 0 fully saturated rings. The SMILES string of the molecule is CCN(CC)CCON.Cl. The lowest BCUT2D eigenvalue weighted by molar-refractivity contribution is 0.109. The van der Waals surface area contributed by atoms with Crippen LogP contribution in [0.4, 0.5) is 0 Å². The number of halogens is 1. The highest BCUT2D eigenvalue weighted by atomic mass is 35.5. The maximum absolute atomic E-state index is 4.86. The van der Waals surface area contributed by atoms with Gasteiger partial charge in [-0.05, 0) is 13.1 Å². The van der Waals surface area contributed by atoms with Crippen molar-refractivity contribution in [2.24, 2.45) is 5.90 Å². The molecule has 2 N–H and O–H groups in total. The van der Waals surface area contributed by atoms with Crippen LogP contribution in [0.2, 0.25) is 0 Å². The highest BCUT2D eigenvalue weighted by molar-refractivity contribution is 5.85. The minimum atomic E-state index is 0. The standard InChI is InChI=1S/C6H16N2O.ClH/c1-3-8(4-2)5-6-9-7;/h3-7H2,1-2H3;1H. The topological polar surface area (TPSA) is 38.5 Å². The Labute approximate surface area is 68.9 Å². The number of hydrogen-bond donors (Lipinski definition) is 1. The van der Waals surface area contributed by atoms with E-state index in [0.717, 1.165) is 19.6 Å². The number of likely N-dealkylation sites (N-methyl/N-ethyl adjacent to an activating group) is 1. The summed E-state index contributed by atoms with van der Waals surface area (Å²) in [5.41, 5.74) is 0. The third-order valence-corrected chi connectivity index (χ3v) is 1.42. The summed E-state index contributed by atoms with van der Waals surface area (Å²) >= 11 is 0. The Balaban J connectivity index is 0. The zero-order chi connectivity index (χ0) is 7.11. The minimum absolute atomic E-state index is 0. The lowest BCUT2D eigenvalue weighted by Gasteiger charge is -2.16. The van der Waals surface area contributed by atoms with E-state index < -0.39 is 0 Å². The van der Waals surface area contributed by atoms with Gasteiger partial charge in [0.05, 0.1) is 6.61 Å². The van der Waals surface area contributed by atoms with E-state index in [1.165, 1.54) is 0 Å². The highest BCUT2D eigenvalue weighted by Crippen LogP contribution is 1.84. The fourth-order valence-electron chi connectivity index (χ4n) is 0.722. The van der Waals surface area contributed by atoms with E-state index in [9.17, 15) is 0 Å². The van der Waals surface area contributed by atoms with Crippen LogP contribution in [-0.2, 0) is 4.84 Å². The van der Waals surface area contributed by atoms with Gasteiger partial charge < -0.3 is 9.74 Å². The molecule has 0 rings (SSSR count). The number of hydrogen-bond acceptors (Lipinski definition) is 3. The van der Waals surface area contributed by atoms with Gasteiger partial charge in [-0.15, -0.1) is 12.4 Å². The quantitative estimate of drug-likeness (QED) is 0.613. The number of nitrogens with zero attached hydrogens (tertiary/aromatic N) is 1. The lowest BCUT2D eigenvalue weighted by atomic mass is 10.5. The number of rotatable bonds is 5. The highest BCUT2D eigenvalue weighted by Gasteiger charge is 1.95. The van der Waals surface area contributed by atoms with Gasteiger partial charge in [-0.1, -0.05) is 13.8 Å². The van der Waals surface area contributed by atoms with Crippen molar-refractivity contribution in [2.75, 3.05) is 26.2 Å². The first-order valence-corrected chi connectivity index (χ1v) is 3.39. The first kappa shape index (κ1) is 12.8. The van der Waals surface area contributed by atoms with Gasteiger partial charge in [-0.2, -0.15) is 0 Å². The van der Waals surface area contributed by atoms with Crippen molar-refractivity contribution < 1.29 is 4.84 Å². The molecule has 0 saturated heterocycles. The maximum atomic E-state index is 4.86. The van der Waals surface area contributed by atoms with Crippen molar-refractivity contribution in [1.29, 1.82) is 0 Å². The van der Waals surface area contributed by atoms with Crippen molar-refractivity contribution in [3.8, 4) is 0 Å². The fraction of sp³-hybridized carbons (Fsp3) is 1.00. The average molecular weight is 169 g/mol. The lowest BCUT2D eigenvalue weighted by Crippen LogP contribution is -2.27. The third kappa shape index (κ3) is 6.29. The Kier molecular flexibility index (Phi) is 11.7. The van der Waals surface area contributed by atoms with Gasteiger partial charge in [-0.3, -0.25) is 0 Å². The molecule has 0 aliphatic heterocycles. The van der Waals surface area contributed by atoms with Crippen LogP contribution < -0.4 is 5.90 Å². The Morgan fingerprint density at radius 3 is 2.10 bits per heavy atom. The molecular weight excluding hydrogens is 152 g/mol. The van der Waals surface area contributed by atoms with Gasteiger partial charge in [0.1, 0.15) is 0 Å². The molecule has 3 nitrogen and oxygen atoms in total. The van der Waals surface area contributed by atoms with E-state index in [2.05, 4.69) is 23.6 Å². The zero-order valence-electron chi connectivity index (χ0n) is 6.67. The molecule has 0 aromatic carbocycles. The van der Waals surface area contributed by atoms with Crippen molar-refractivity contribution in [3.63, 3.8) is 0 Å². The predicted molar refractivity (Wildman–Crippen MR) is 45.2 cm³/mol. The van der Waals surface area contributed by atoms with Gasteiger partial charge in [-0.25, -0.2) is 5.90 Å². The molecule has 0 unspecified atom stereocenters. The van der Waals surface area contributed by atoms with Gasteiger partial charge in [0.25, 0.3) is 0 Å². The molecule has 10 heavy (non-hydrogen) atoms. The van der Waals surface area contributed by atoms with Crippen LogP contribution >= 0.6 is 12.4 Å². The zero-order valence-corrected chi connectivity index (χ0v) is 7.49. The molecule has 0 aliphatic rings. The molecule has 0 heterocycles. The molecule has 0 aromatic heterocycles. The molecule has 0 aliphatic carbocycles. The van der Waals surface area contributed by atoms with Crippen molar-refractivity contribution in [3.05, 3.63) is 0 Å². The summed E-state index contributed by atoms with van der Waals surface area (Å²) in [6, 6.07) is 0. The Morgan fingerprint density at radius 1 is 1.30 bits per heavy atom. The second-order valence-electron chi connectivity index (χ2n) is 1.90. The maximum Gasteiger partial charge on any atom is 0.0806 e. The first-order chi connectivity index (χ1) is 4.35. The van der Waals surface area contributed by atoms with E-state index in [0.29, 0.717) is 6.61 Å². The van der Waals surface area contributed by atoms with E-state index in [-0.39, 0.29) is 12.4 Å². The second-order valence-corrected chi connectivity index (χ2v) is 1.90. The van der Waals surface area contributed by atoms with Crippen molar-refractivity contribution in [2.45, 2.75) is 13.8 Å². The van der Waals surface area contributed by atoms with Gasteiger partial charge in [0, 0.05) is 6.54 Å². The van der Waals surface area contributed by atoms with Crippen LogP contribution in [0, 0.1) is 0 Å². The molecule has 0 aromatic rings. The van der Waals surface area contributed by atoms with Crippen LogP contribution in [0.3, 0.4) is 0 Å². The Bertz CT molecular complexity index is 59.7. The monoisotopic (exact) mass is 168 g/mol. The first-order valence-electron chi connectivity index (χ1n) is 3.39. The normalized spacial score (nSPS) is 9.60. The molecular formula is C6H17ClN2O. The van der Waals surface area contributed by atoms with E-state index in [1.54, 1.807) is 0 Å². The molecule has 4 heteroatoms. The molecule has 0 atom stereocenters. The minimum Gasteiger partial charge on any atom is -0.303 e. The Hall–Kier alpha value is 0.170. The Morgan fingerprint density at radius 2 is 1.80 bits per heavy atom. The molecule has 0 amide bonds. The van der Waals surface area contributed by atoms with Gasteiger partial charge in [0.15, 0.2) is 0 Å². The summed E-state index contributed by atoms with van der Waals surface area (Å²) in [6.07, 6.45) is 0. The van der Waals surface area contributed by atoms with E-state index in [4.69, 9.17) is 5.90 Å². The van der Waals surface area contributed by atoms with Gasteiger partial charge >= 0.3 is 0 Å². The summed E-state index contributed by atoms with van der Waals surface area (Å²) < 4.78 is 0. The molecule has 64 valence electrons. The summed E-state index contributed by atoms with van der Waals surface area (Å²) in [6.45, 7) is 7.95. The molecule has 0 saturated carbocycles. The summed E-state index contributed by atoms with van der Waals surface area (Å²) in [4.78, 5) is 6.69. The summed E-state index contributed by atoms with van der Waals surface area (Å²) in [5, 5.41) is 0. The van der Waals surface area contributed by atoms with Crippen LogP contribution in [0.25, 0.3) is 0 Å². The van der Waals surface area contributed by atoms with Crippen molar-refractivity contribution in [1.82, 2.24) is 4.90 Å². The van der Waals surface area contributed by atoms with Gasteiger partial charge in [0.2, 0.25) is 0 Å². The number of nitrogens with two attached hydrogens (primary N) is 1. The fourth-order valence-corrected chi connectivity index (χ4v) is 0.722. The van der Waals surface area contributed by atoms with Crippen LogP contribution in [0.15, 0.2) is 0 Å². The molecule has 0 bridgehead atoms. The summed E-state index contributed by atoms with van der Waals surface area (Å²) in [7, 11) is 0. The average Bonchev–Trinajstić information content (AvgIpc) is 1.91. The van der Waals surface area contributed by atoms with E-state index >= 15 is 0 Å². The van der Waals surface area contributed by atoms with Crippen LogP contribution in [0.1, 0.15) is 13.8 Å². The van der Waals surface area contributed by atoms with Crippen molar-refractivity contribution >= 4 is 12.4 Å². The largest absolute Gasteiger partial charge is 0.303 e. The smallest absolute Gasteiger partial charge is 0.0806 e. The predicted octanol–water partition coefficient (Wildman–Crippen LogP) is 0.640. The third-order valence-electron chi connectivity index (χ3n) is 1.42. The van der Waals surface area contributed by atoms with Crippen LogP contribution in [0.5, 0.6) is 0 Å². The van der Waals surface area contributed by atoms with Crippen LogP contribution in [-0.4, -0.2) is 31.1 Å². The molecule has 0 spiro atoms. The van der Waals surface area contributed by atoms with E-state index in [1.807, 2.05) is 0 Å². The molecule has 0 radical (unpaired) electrons. The second kappa shape index (κ2) is 9.17. The summed E-state index contributed by atoms with van der Waals surface area (Å²) in [5.74, 6) is 4.86.